The summed E-state index contributed by atoms with van der Waals surface area (Å²) >= 11 is 0. The van der Waals surface area contributed by atoms with Crippen molar-refractivity contribution in [1.29, 1.82) is 0 Å². The molecule has 26 heavy (non-hydrogen) atoms. The highest BCUT2D eigenvalue weighted by atomic mass is 16.5. The predicted octanol–water partition coefficient (Wildman–Crippen LogP) is -1.90. The minimum absolute atomic E-state index is 0.327. The molecule has 148 valence electrons. The molecule has 1 aliphatic rings. The zero-order chi connectivity index (χ0) is 20.2. The molecule has 2 unspecified atom stereocenters. The van der Waals surface area contributed by atoms with E-state index in [1.165, 1.54) is 6.92 Å². The summed E-state index contributed by atoms with van der Waals surface area (Å²) in [6.45, 7) is 5.85. The maximum Gasteiger partial charge on any atom is 0.370 e. The topological polar surface area (TPSA) is 165 Å². The SMILES string of the molecule is CC(=O)NC1C([C@@H](O)[C@@H](O)CNC(=O)C(C)(C)C)OC(C(=O)O)=C[C@H]1O. The van der Waals surface area contributed by atoms with E-state index in [1.54, 1.807) is 20.8 Å². The summed E-state index contributed by atoms with van der Waals surface area (Å²) in [6, 6.07) is -1.18. The van der Waals surface area contributed by atoms with Crippen LogP contribution in [0.15, 0.2) is 11.8 Å². The van der Waals surface area contributed by atoms with E-state index < -0.39 is 53.5 Å². The van der Waals surface area contributed by atoms with Crippen LogP contribution in [0, 0.1) is 5.41 Å². The van der Waals surface area contributed by atoms with Crippen molar-refractivity contribution in [3.8, 4) is 0 Å². The molecule has 0 saturated carbocycles. The lowest BCUT2D eigenvalue weighted by atomic mass is 9.93. The molecule has 10 heteroatoms. The number of rotatable bonds is 6. The van der Waals surface area contributed by atoms with Gasteiger partial charge >= 0.3 is 5.97 Å². The lowest BCUT2D eigenvalue weighted by Crippen LogP contribution is -2.60. The van der Waals surface area contributed by atoms with Crippen molar-refractivity contribution in [2.45, 2.75) is 58.2 Å². The number of aliphatic hydroxyl groups excluding tert-OH is 3. The van der Waals surface area contributed by atoms with E-state index in [-0.39, 0.29) is 12.5 Å². The maximum atomic E-state index is 11.9. The van der Waals surface area contributed by atoms with Gasteiger partial charge in [-0.25, -0.2) is 4.79 Å². The Labute approximate surface area is 150 Å². The minimum Gasteiger partial charge on any atom is -0.478 e. The van der Waals surface area contributed by atoms with Gasteiger partial charge in [0.05, 0.1) is 6.04 Å². The first-order valence-electron chi connectivity index (χ1n) is 8.06. The predicted molar refractivity (Wildman–Crippen MR) is 88.7 cm³/mol. The molecule has 0 aromatic rings. The number of aliphatic hydroxyl groups is 3. The third-order valence-corrected chi connectivity index (χ3v) is 3.77. The Morgan fingerprint density at radius 2 is 1.85 bits per heavy atom. The van der Waals surface area contributed by atoms with Crippen LogP contribution in [0.2, 0.25) is 0 Å². The van der Waals surface area contributed by atoms with Crippen molar-refractivity contribution in [1.82, 2.24) is 10.6 Å². The number of carboxylic acids is 1. The first kappa shape index (κ1) is 21.9. The molecule has 0 saturated heterocycles. The monoisotopic (exact) mass is 374 g/mol. The molecule has 1 heterocycles. The quantitative estimate of drug-likeness (QED) is 0.314. The van der Waals surface area contributed by atoms with Gasteiger partial charge in [-0.15, -0.1) is 0 Å². The number of carbonyl (C=O) groups is 3. The van der Waals surface area contributed by atoms with Gasteiger partial charge in [0.15, 0.2) is 6.10 Å². The highest BCUT2D eigenvalue weighted by Crippen LogP contribution is 2.23. The molecule has 6 N–H and O–H groups in total. The number of amides is 2. The smallest absolute Gasteiger partial charge is 0.370 e. The van der Waals surface area contributed by atoms with E-state index in [2.05, 4.69) is 10.6 Å². The number of nitrogens with one attached hydrogen (secondary N) is 2. The largest absolute Gasteiger partial charge is 0.478 e. The highest BCUT2D eigenvalue weighted by Gasteiger charge is 2.43. The van der Waals surface area contributed by atoms with E-state index in [0.717, 1.165) is 6.08 Å². The lowest BCUT2D eigenvalue weighted by molar-refractivity contribution is -0.148. The van der Waals surface area contributed by atoms with E-state index in [4.69, 9.17) is 9.84 Å². The summed E-state index contributed by atoms with van der Waals surface area (Å²) in [5, 5.41) is 44.4. The summed E-state index contributed by atoms with van der Waals surface area (Å²) in [6.07, 6.45) is -5.21. The van der Waals surface area contributed by atoms with Gasteiger partial charge in [-0.3, -0.25) is 9.59 Å². The zero-order valence-corrected chi connectivity index (χ0v) is 15.1. The van der Waals surface area contributed by atoms with Gasteiger partial charge in [0.1, 0.15) is 18.3 Å². The second kappa shape index (κ2) is 8.47. The van der Waals surface area contributed by atoms with E-state index >= 15 is 0 Å². The van der Waals surface area contributed by atoms with Crippen molar-refractivity contribution >= 4 is 17.8 Å². The third-order valence-electron chi connectivity index (χ3n) is 3.77. The molecule has 0 fully saturated rings. The number of carboxylic acid groups (broad SMARTS) is 1. The first-order chi connectivity index (χ1) is 11.8. The summed E-state index contributed by atoms with van der Waals surface area (Å²) in [5.41, 5.74) is -0.708. The molecule has 0 aromatic heterocycles. The van der Waals surface area contributed by atoms with Gasteiger partial charge in [0, 0.05) is 18.9 Å². The fourth-order valence-corrected chi connectivity index (χ4v) is 2.32. The van der Waals surface area contributed by atoms with Crippen LogP contribution in [0.5, 0.6) is 0 Å². The van der Waals surface area contributed by atoms with Crippen molar-refractivity contribution in [3.05, 3.63) is 11.8 Å². The number of ether oxygens (including phenoxy) is 1. The Balaban J connectivity index is 2.91. The van der Waals surface area contributed by atoms with Gasteiger partial charge in [-0.2, -0.15) is 0 Å². The van der Waals surface area contributed by atoms with Crippen molar-refractivity contribution in [2.24, 2.45) is 5.41 Å². The van der Waals surface area contributed by atoms with E-state index in [0.29, 0.717) is 0 Å². The van der Waals surface area contributed by atoms with Crippen LogP contribution in [0.1, 0.15) is 27.7 Å². The maximum absolute atomic E-state index is 11.9. The molecule has 10 nitrogen and oxygen atoms in total. The van der Waals surface area contributed by atoms with Gasteiger partial charge in [-0.05, 0) is 6.08 Å². The molecule has 1 rings (SSSR count). The van der Waals surface area contributed by atoms with Crippen LogP contribution in [-0.2, 0) is 19.1 Å². The van der Waals surface area contributed by atoms with Crippen LogP contribution in [0.25, 0.3) is 0 Å². The summed E-state index contributed by atoms with van der Waals surface area (Å²) in [7, 11) is 0. The Morgan fingerprint density at radius 3 is 2.31 bits per heavy atom. The van der Waals surface area contributed by atoms with E-state index in [1.807, 2.05) is 0 Å². The number of hydrogen-bond donors (Lipinski definition) is 6. The van der Waals surface area contributed by atoms with Crippen LogP contribution < -0.4 is 10.6 Å². The summed E-state index contributed by atoms with van der Waals surface area (Å²) < 4.78 is 5.15. The Bertz CT molecular complexity index is 583. The van der Waals surface area contributed by atoms with Gasteiger partial charge < -0.3 is 35.8 Å². The number of aliphatic carboxylic acids is 1. The second-order valence-corrected chi connectivity index (χ2v) is 7.15. The third kappa shape index (κ3) is 5.68. The fraction of sp³-hybridized carbons (Fsp3) is 0.688. The molecular weight excluding hydrogens is 348 g/mol. The Morgan fingerprint density at radius 1 is 1.27 bits per heavy atom. The average molecular weight is 374 g/mol. The lowest BCUT2D eigenvalue weighted by Gasteiger charge is -2.38. The molecule has 0 aromatic carbocycles. The molecule has 5 atom stereocenters. The molecule has 0 radical (unpaired) electrons. The van der Waals surface area contributed by atoms with E-state index in [9.17, 15) is 29.7 Å². The molecule has 1 aliphatic heterocycles. The zero-order valence-electron chi connectivity index (χ0n) is 15.1. The fourth-order valence-electron chi connectivity index (χ4n) is 2.32. The molecule has 2 amide bonds. The standard InChI is InChI=1S/C16H26N2O8/c1-7(19)18-11-8(20)5-10(14(23)24)26-13(11)12(22)9(21)6-17-15(25)16(2,3)4/h5,8-9,11-13,20-22H,6H2,1-4H3,(H,17,25)(H,18,19)(H,23,24)/t8-,9+,11?,12+,13?/m1/s1. The van der Waals surface area contributed by atoms with Gasteiger partial charge in [0.25, 0.3) is 0 Å². The van der Waals surface area contributed by atoms with Crippen LogP contribution >= 0.6 is 0 Å². The number of carbonyl (C=O) groups excluding carboxylic acids is 2. The molecule has 0 bridgehead atoms. The van der Waals surface area contributed by atoms with Crippen molar-refractivity contribution in [2.75, 3.05) is 6.54 Å². The summed E-state index contributed by atoms with van der Waals surface area (Å²) in [4.78, 5) is 34.3. The molecular formula is C16H26N2O8. The molecule has 0 aliphatic carbocycles. The van der Waals surface area contributed by atoms with Crippen LogP contribution in [-0.4, -0.2) is 75.2 Å². The highest BCUT2D eigenvalue weighted by molar-refractivity contribution is 5.84. The van der Waals surface area contributed by atoms with Gasteiger partial charge in [-0.1, -0.05) is 20.8 Å². The van der Waals surface area contributed by atoms with Crippen LogP contribution in [0.4, 0.5) is 0 Å². The average Bonchev–Trinajstić information content (AvgIpc) is 2.51. The summed E-state index contributed by atoms with van der Waals surface area (Å²) in [5.74, 6) is -3.00. The normalized spacial score (nSPS) is 25.3. The second-order valence-electron chi connectivity index (χ2n) is 7.15. The molecule has 0 spiro atoms. The van der Waals surface area contributed by atoms with Crippen LogP contribution in [0.3, 0.4) is 0 Å². The first-order valence-corrected chi connectivity index (χ1v) is 8.06. The Hall–Kier alpha value is -2.17. The Kier molecular flexibility index (Phi) is 7.13. The van der Waals surface area contributed by atoms with Crippen molar-refractivity contribution < 1.29 is 39.5 Å². The van der Waals surface area contributed by atoms with Crippen molar-refractivity contribution in [3.63, 3.8) is 0 Å². The number of hydrogen-bond acceptors (Lipinski definition) is 7. The van der Waals surface area contributed by atoms with Gasteiger partial charge in [0.2, 0.25) is 17.6 Å². The minimum atomic E-state index is -1.69.